The summed E-state index contributed by atoms with van der Waals surface area (Å²) in [6, 6.07) is 13.6. The van der Waals surface area contributed by atoms with Gasteiger partial charge in [-0.15, -0.1) is 22.7 Å². The highest BCUT2D eigenvalue weighted by Gasteiger charge is 2.27. The standard InChI is InChI=1S/C22H22N2O5S2/c1-13-17(21(26)28-2)20(31-19(13)22(27)29-3)24-16(25)12-23-18(15-10-7-11-30-15)14-8-5-4-6-9-14/h4-11,18,23H,12H2,1-3H3,(H,24,25)/t18-/m1/s1. The predicted molar refractivity (Wildman–Crippen MR) is 121 cm³/mol. The predicted octanol–water partition coefficient (Wildman–Crippen LogP) is 4.01. The van der Waals surface area contributed by atoms with Crippen molar-refractivity contribution in [3.05, 3.63) is 74.3 Å². The summed E-state index contributed by atoms with van der Waals surface area (Å²) in [5, 5.41) is 8.24. The molecule has 2 heterocycles. The van der Waals surface area contributed by atoms with Crippen molar-refractivity contribution in [2.75, 3.05) is 26.1 Å². The summed E-state index contributed by atoms with van der Waals surface area (Å²) >= 11 is 2.58. The van der Waals surface area contributed by atoms with Crippen molar-refractivity contribution >= 4 is 45.5 Å². The Morgan fingerprint density at radius 1 is 1.00 bits per heavy atom. The molecule has 0 saturated carbocycles. The van der Waals surface area contributed by atoms with Crippen LogP contribution in [0.5, 0.6) is 0 Å². The van der Waals surface area contributed by atoms with Crippen molar-refractivity contribution in [1.29, 1.82) is 0 Å². The van der Waals surface area contributed by atoms with Crippen LogP contribution in [-0.2, 0) is 14.3 Å². The SMILES string of the molecule is COC(=O)c1sc(NC(=O)CN[C@H](c2ccccc2)c2cccs2)c(C(=O)OC)c1C. The molecule has 0 aliphatic heterocycles. The van der Waals surface area contributed by atoms with E-state index in [1.165, 1.54) is 14.2 Å². The maximum Gasteiger partial charge on any atom is 0.348 e. The van der Waals surface area contributed by atoms with Gasteiger partial charge in [0.2, 0.25) is 5.91 Å². The molecular formula is C22H22N2O5S2. The van der Waals surface area contributed by atoms with Crippen molar-refractivity contribution < 1.29 is 23.9 Å². The minimum absolute atomic E-state index is 0.00256. The van der Waals surface area contributed by atoms with Crippen LogP contribution >= 0.6 is 22.7 Å². The van der Waals surface area contributed by atoms with Gasteiger partial charge in [0, 0.05) is 4.88 Å². The lowest BCUT2D eigenvalue weighted by molar-refractivity contribution is -0.115. The van der Waals surface area contributed by atoms with E-state index in [9.17, 15) is 14.4 Å². The van der Waals surface area contributed by atoms with E-state index in [-0.39, 0.29) is 33.9 Å². The maximum atomic E-state index is 12.7. The Kier molecular flexibility index (Phi) is 7.56. The molecule has 2 aromatic heterocycles. The van der Waals surface area contributed by atoms with E-state index in [1.54, 1.807) is 18.3 Å². The number of nitrogens with one attached hydrogen (secondary N) is 2. The molecule has 0 radical (unpaired) electrons. The number of hydrogen-bond acceptors (Lipinski definition) is 8. The largest absolute Gasteiger partial charge is 0.465 e. The Morgan fingerprint density at radius 3 is 2.32 bits per heavy atom. The van der Waals surface area contributed by atoms with E-state index in [4.69, 9.17) is 9.47 Å². The van der Waals surface area contributed by atoms with Gasteiger partial charge in [-0.05, 0) is 29.5 Å². The van der Waals surface area contributed by atoms with Gasteiger partial charge in [0.15, 0.2) is 0 Å². The lowest BCUT2D eigenvalue weighted by Gasteiger charge is -2.18. The monoisotopic (exact) mass is 458 g/mol. The lowest BCUT2D eigenvalue weighted by Crippen LogP contribution is -2.31. The molecule has 0 aliphatic rings. The van der Waals surface area contributed by atoms with E-state index in [1.807, 2.05) is 47.8 Å². The van der Waals surface area contributed by atoms with Crippen LogP contribution in [0.1, 0.15) is 42.1 Å². The first-order valence-corrected chi connectivity index (χ1v) is 11.1. The van der Waals surface area contributed by atoms with Crippen LogP contribution in [-0.4, -0.2) is 38.6 Å². The summed E-state index contributed by atoms with van der Waals surface area (Å²) in [6.07, 6.45) is 0. The second-order valence-corrected chi connectivity index (χ2v) is 8.53. The Hall–Kier alpha value is -3.01. The Bertz CT molecular complexity index is 1060. The molecule has 1 amide bonds. The quantitative estimate of drug-likeness (QED) is 0.496. The number of esters is 2. The van der Waals surface area contributed by atoms with Crippen LogP contribution in [0.4, 0.5) is 5.00 Å². The van der Waals surface area contributed by atoms with Crippen LogP contribution in [0.15, 0.2) is 47.8 Å². The molecule has 9 heteroatoms. The van der Waals surface area contributed by atoms with Gasteiger partial charge in [-0.1, -0.05) is 36.4 Å². The first kappa shape index (κ1) is 22.7. The fourth-order valence-corrected chi connectivity index (χ4v) is 5.04. The Labute approximate surface area is 188 Å². The molecule has 0 aliphatic carbocycles. The molecule has 1 atom stereocenters. The fourth-order valence-electron chi connectivity index (χ4n) is 3.09. The highest BCUT2D eigenvalue weighted by Crippen LogP contribution is 2.34. The molecule has 31 heavy (non-hydrogen) atoms. The topological polar surface area (TPSA) is 93.7 Å². The van der Waals surface area contributed by atoms with Gasteiger partial charge >= 0.3 is 11.9 Å². The molecule has 0 spiro atoms. The molecule has 0 saturated heterocycles. The van der Waals surface area contributed by atoms with Gasteiger partial charge in [0.1, 0.15) is 9.88 Å². The Morgan fingerprint density at radius 2 is 1.71 bits per heavy atom. The highest BCUT2D eigenvalue weighted by atomic mass is 32.1. The number of methoxy groups -OCH3 is 2. The van der Waals surface area contributed by atoms with Crippen molar-refractivity contribution in [2.45, 2.75) is 13.0 Å². The van der Waals surface area contributed by atoms with E-state index in [0.717, 1.165) is 21.8 Å². The molecule has 162 valence electrons. The van der Waals surface area contributed by atoms with Gasteiger partial charge < -0.3 is 14.8 Å². The van der Waals surface area contributed by atoms with Crippen molar-refractivity contribution in [2.24, 2.45) is 0 Å². The van der Waals surface area contributed by atoms with Crippen molar-refractivity contribution in [1.82, 2.24) is 5.32 Å². The third-order valence-corrected chi connectivity index (χ3v) is 6.71. The van der Waals surface area contributed by atoms with E-state index >= 15 is 0 Å². The lowest BCUT2D eigenvalue weighted by atomic mass is 10.1. The van der Waals surface area contributed by atoms with Crippen molar-refractivity contribution in [3.63, 3.8) is 0 Å². The molecule has 0 fully saturated rings. The number of hydrogen-bond donors (Lipinski definition) is 2. The highest BCUT2D eigenvalue weighted by molar-refractivity contribution is 7.18. The first-order chi connectivity index (χ1) is 15.0. The number of rotatable bonds is 8. The zero-order valence-electron chi connectivity index (χ0n) is 17.3. The summed E-state index contributed by atoms with van der Waals surface area (Å²) in [6.45, 7) is 1.62. The van der Waals surface area contributed by atoms with E-state index in [2.05, 4.69) is 10.6 Å². The normalized spacial score (nSPS) is 11.6. The Balaban J connectivity index is 1.78. The smallest absolute Gasteiger partial charge is 0.348 e. The van der Waals surface area contributed by atoms with E-state index in [0.29, 0.717) is 5.56 Å². The zero-order chi connectivity index (χ0) is 22.4. The zero-order valence-corrected chi connectivity index (χ0v) is 18.9. The number of thiophene rings is 2. The average molecular weight is 459 g/mol. The number of amides is 1. The molecule has 0 bridgehead atoms. The average Bonchev–Trinajstić information content (AvgIpc) is 3.42. The number of carbonyl (C=O) groups excluding carboxylic acids is 3. The molecule has 1 aromatic carbocycles. The van der Waals surface area contributed by atoms with Gasteiger partial charge in [-0.3, -0.25) is 10.1 Å². The maximum absolute atomic E-state index is 12.7. The van der Waals surface area contributed by atoms with Crippen LogP contribution < -0.4 is 10.6 Å². The number of anilines is 1. The summed E-state index contributed by atoms with van der Waals surface area (Å²) < 4.78 is 9.59. The molecule has 0 unspecified atom stereocenters. The minimum atomic E-state index is -0.632. The summed E-state index contributed by atoms with van der Waals surface area (Å²) in [5.41, 5.74) is 1.60. The molecule has 7 nitrogen and oxygen atoms in total. The first-order valence-electron chi connectivity index (χ1n) is 9.37. The summed E-state index contributed by atoms with van der Waals surface area (Å²) in [7, 11) is 2.51. The number of carbonyl (C=O) groups is 3. The second kappa shape index (κ2) is 10.3. The van der Waals surface area contributed by atoms with Crippen molar-refractivity contribution in [3.8, 4) is 0 Å². The van der Waals surface area contributed by atoms with Gasteiger partial charge in [0.05, 0.1) is 32.4 Å². The second-order valence-electron chi connectivity index (χ2n) is 6.53. The fraction of sp³-hybridized carbons (Fsp3) is 0.227. The van der Waals surface area contributed by atoms with Gasteiger partial charge in [-0.25, -0.2) is 9.59 Å². The van der Waals surface area contributed by atoms with E-state index < -0.39 is 11.9 Å². The third-order valence-electron chi connectivity index (χ3n) is 4.59. The van der Waals surface area contributed by atoms with Crippen LogP contribution in [0.3, 0.4) is 0 Å². The number of benzene rings is 1. The van der Waals surface area contributed by atoms with Crippen LogP contribution in [0.25, 0.3) is 0 Å². The molecule has 3 rings (SSSR count). The third kappa shape index (κ3) is 5.19. The molecular weight excluding hydrogens is 436 g/mol. The minimum Gasteiger partial charge on any atom is -0.465 e. The van der Waals surface area contributed by atoms with Gasteiger partial charge in [-0.2, -0.15) is 0 Å². The molecule has 2 N–H and O–H groups in total. The van der Waals surface area contributed by atoms with Crippen LogP contribution in [0, 0.1) is 6.92 Å². The summed E-state index contributed by atoms with van der Waals surface area (Å²) in [4.78, 5) is 38.3. The van der Waals surface area contributed by atoms with Gasteiger partial charge in [0.25, 0.3) is 0 Å². The molecule has 3 aromatic rings. The summed E-state index contributed by atoms with van der Waals surface area (Å²) in [5.74, 6) is -1.55. The number of ether oxygens (including phenoxy) is 2. The van der Waals surface area contributed by atoms with Crippen LogP contribution in [0.2, 0.25) is 0 Å².